The minimum Gasteiger partial charge on any atom is -0.349 e. The van der Waals surface area contributed by atoms with Gasteiger partial charge in [-0.1, -0.05) is 44.9 Å². The lowest BCUT2D eigenvalue weighted by Gasteiger charge is -2.21. The first-order valence-electron chi connectivity index (χ1n) is 10.5. The van der Waals surface area contributed by atoms with Crippen LogP contribution in [0.1, 0.15) is 81.0 Å². The molecule has 2 fully saturated rings. The molecule has 2 aliphatic rings. The SMILES string of the molecule is O=C(NC1CCCCCCC1)c1ccc(S(=O)(=O)N2CCCCCC2)cc1. The van der Waals surface area contributed by atoms with Crippen molar-refractivity contribution in [2.45, 2.75) is 81.6 Å². The van der Waals surface area contributed by atoms with E-state index < -0.39 is 10.0 Å². The van der Waals surface area contributed by atoms with Gasteiger partial charge in [0, 0.05) is 24.7 Å². The van der Waals surface area contributed by atoms with Crippen LogP contribution in [0.4, 0.5) is 0 Å². The second-order valence-electron chi connectivity index (χ2n) is 7.86. The number of benzene rings is 1. The van der Waals surface area contributed by atoms with Crippen molar-refractivity contribution in [3.8, 4) is 0 Å². The molecular formula is C21H32N2O3S. The smallest absolute Gasteiger partial charge is 0.251 e. The van der Waals surface area contributed by atoms with Gasteiger partial charge < -0.3 is 5.32 Å². The molecule has 150 valence electrons. The van der Waals surface area contributed by atoms with Gasteiger partial charge in [0.15, 0.2) is 0 Å². The Bertz CT molecular complexity index is 699. The Morgan fingerprint density at radius 2 is 1.33 bits per heavy atom. The van der Waals surface area contributed by atoms with E-state index in [1.165, 1.54) is 19.3 Å². The Kier molecular flexibility index (Phi) is 7.30. The minimum absolute atomic E-state index is 0.0979. The fraction of sp³-hybridized carbons (Fsp3) is 0.667. The van der Waals surface area contributed by atoms with E-state index in [9.17, 15) is 13.2 Å². The van der Waals surface area contributed by atoms with Gasteiger partial charge in [0.05, 0.1) is 4.90 Å². The summed E-state index contributed by atoms with van der Waals surface area (Å²) in [5, 5.41) is 3.13. The van der Waals surface area contributed by atoms with Crippen molar-refractivity contribution in [2.24, 2.45) is 0 Å². The van der Waals surface area contributed by atoms with E-state index in [2.05, 4.69) is 5.32 Å². The molecule has 0 spiro atoms. The topological polar surface area (TPSA) is 66.5 Å². The van der Waals surface area contributed by atoms with Crippen LogP contribution in [0.2, 0.25) is 0 Å². The van der Waals surface area contributed by atoms with E-state index in [0.717, 1.165) is 51.4 Å². The molecule has 0 aromatic heterocycles. The average molecular weight is 393 g/mol. The van der Waals surface area contributed by atoms with Crippen LogP contribution in [0.15, 0.2) is 29.2 Å². The predicted octanol–water partition coefficient (Wildman–Crippen LogP) is 4.09. The minimum atomic E-state index is -3.46. The zero-order chi connectivity index (χ0) is 19.1. The predicted molar refractivity (Wildman–Crippen MR) is 107 cm³/mol. The molecule has 1 aromatic carbocycles. The molecule has 1 N–H and O–H groups in total. The third kappa shape index (κ3) is 5.55. The molecule has 0 radical (unpaired) electrons. The van der Waals surface area contributed by atoms with E-state index in [1.807, 2.05) is 0 Å². The summed E-state index contributed by atoms with van der Waals surface area (Å²) in [7, 11) is -3.46. The maximum atomic E-state index is 12.8. The average Bonchev–Trinajstić information content (AvgIpc) is 2.94. The summed E-state index contributed by atoms with van der Waals surface area (Å²) in [4.78, 5) is 12.8. The van der Waals surface area contributed by atoms with Crippen LogP contribution in [-0.4, -0.2) is 37.8 Å². The summed E-state index contributed by atoms with van der Waals surface area (Å²) in [6, 6.07) is 6.67. The zero-order valence-corrected chi connectivity index (χ0v) is 17.0. The second-order valence-corrected chi connectivity index (χ2v) is 9.80. The van der Waals surface area contributed by atoms with Crippen LogP contribution < -0.4 is 5.32 Å². The third-order valence-electron chi connectivity index (χ3n) is 5.76. The van der Waals surface area contributed by atoms with Crippen molar-refractivity contribution in [1.82, 2.24) is 9.62 Å². The van der Waals surface area contributed by atoms with Crippen LogP contribution in [0, 0.1) is 0 Å². The summed E-state index contributed by atoms with van der Waals surface area (Å²) in [6.07, 6.45) is 12.2. The van der Waals surface area contributed by atoms with E-state index in [1.54, 1.807) is 28.6 Å². The fourth-order valence-electron chi connectivity index (χ4n) is 4.08. The maximum Gasteiger partial charge on any atom is 0.251 e. The first-order valence-corrected chi connectivity index (χ1v) is 11.9. The summed E-state index contributed by atoms with van der Waals surface area (Å²) in [5.74, 6) is -0.0979. The molecule has 1 amide bonds. The van der Waals surface area contributed by atoms with Gasteiger partial charge in [0.1, 0.15) is 0 Å². The highest BCUT2D eigenvalue weighted by Gasteiger charge is 2.25. The lowest BCUT2D eigenvalue weighted by atomic mass is 9.96. The highest BCUT2D eigenvalue weighted by Crippen LogP contribution is 2.21. The van der Waals surface area contributed by atoms with Crippen LogP contribution in [0.3, 0.4) is 0 Å². The van der Waals surface area contributed by atoms with E-state index in [4.69, 9.17) is 0 Å². The molecule has 1 aliphatic heterocycles. The molecule has 3 rings (SSSR count). The molecule has 0 atom stereocenters. The van der Waals surface area contributed by atoms with Crippen molar-refractivity contribution < 1.29 is 13.2 Å². The lowest BCUT2D eigenvalue weighted by Crippen LogP contribution is -2.35. The summed E-state index contributed by atoms with van der Waals surface area (Å²) in [5.41, 5.74) is 0.534. The number of rotatable bonds is 4. The number of carbonyl (C=O) groups excluding carboxylic acids is 1. The highest BCUT2D eigenvalue weighted by atomic mass is 32.2. The quantitative estimate of drug-likeness (QED) is 0.839. The Morgan fingerprint density at radius 3 is 1.93 bits per heavy atom. The Hall–Kier alpha value is -1.40. The summed E-state index contributed by atoms with van der Waals surface area (Å²) in [6.45, 7) is 1.18. The molecule has 1 aromatic rings. The molecule has 27 heavy (non-hydrogen) atoms. The van der Waals surface area contributed by atoms with Gasteiger partial charge in [-0.05, 0) is 49.9 Å². The Balaban J connectivity index is 1.64. The van der Waals surface area contributed by atoms with Gasteiger partial charge in [-0.15, -0.1) is 0 Å². The van der Waals surface area contributed by atoms with Gasteiger partial charge in [0.25, 0.3) is 5.91 Å². The Morgan fingerprint density at radius 1 is 0.815 bits per heavy atom. The molecule has 6 heteroatoms. The van der Waals surface area contributed by atoms with Gasteiger partial charge >= 0.3 is 0 Å². The Labute approximate surface area is 163 Å². The fourth-order valence-corrected chi connectivity index (χ4v) is 5.60. The number of hydrogen-bond donors (Lipinski definition) is 1. The zero-order valence-electron chi connectivity index (χ0n) is 16.2. The van der Waals surface area contributed by atoms with Crippen molar-refractivity contribution in [1.29, 1.82) is 0 Å². The van der Waals surface area contributed by atoms with Crippen molar-refractivity contribution in [3.63, 3.8) is 0 Å². The molecule has 0 bridgehead atoms. The number of nitrogens with one attached hydrogen (secondary N) is 1. The standard InChI is InChI=1S/C21H32N2O3S/c24-21(22-19-10-6-2-1-3-7-11-19)18-12-14-20(15-13-18)27(25,26)23-16-8-4-5-9-17-23/h12-15,19H,1-11,16-17H2,(H,22,24). The maximum absolute atomic E-state index is 12.8. The molecule has 0 unspecified atom stereocenters. The van der Waals surface area contributed by atoms with Crippen molar-refractivity contribution in [3.05, 3.63) is 29.8 Å². The van der Waals surface area contributed by atoms with Crippen LogP contribution >= 0.6 is 0 Å². The summed E-state index contributed by atoms with van der Waals surface area (Å²) < 4.78 is 27.3. The van der Waals surface area contributed by atoms with Gasteiger partial charge in [-0.25, -0.2) is 8.42 Å². The van der Waals surface area contributed by atoms with Crippen molar-refractivity contribution in [2.75, 3.05) is 13.1 Å². The first kappa shape index (κ1) is 20.3. The van der Waals surface area contributed by atoms with Crippen LogP contribution in [0.25, 0.3) is 0 Å². The molecule has 1 aliphatic carbocycles. The molecule has 1 saturated carbocycles. The van der Waals surface area contributed by atoms with Gasteiger partial charge in [0.2, 0.25) is 10.0 Å². The van der Waals surface area contributed by atoms with E-state index >= 15 is 0 Å². The number of amides is 1. The van der Waals surface area contributed by atoms with E-state index in [-0.39, 0.29) is 16.8 Å². The van der Waals surface area contributed by atoms with Gasteiger partial charge in [-0.2, -0.15) is 4.31 Å². The highest BCUT2D eigenvalue weighted by molar-refractivity contribution is 7.89. The number of carbonyl (C=O) groups is 1. The van der Waals surface area contributed by atoms with Crippen LogP contribution in [-0.2, 0) is 10.0 Å². The summed E-state index contributed by atoms with van der Waals surface area (Å²) >= 11 is 0. The first-order chi connectivity index (χ1) is 13.1. The number of sulfonamides is 1. The molecule has 5 nitrogen and oxygen atoms in total. The molecular weight excluding hydrogens is 360 g/mol. The third-order valence-corrected chi connectivity index (χ3v) is 7.67. The van der Waals surface area contributed by atoms with Crippen LogP contribution in [0.5, 0.6) is 0 Å². The normalized spacial score (nSPS) is 21.0. The molecule has 1 saturated heterocycles. The lowest BCUT2D eigenvalue weighted by molar-refractivity contribution is 0.0930. The van der Waals surface area contributed by atoms with Gasteiger partial charge in [-0.3, -0.25) is 4.79 Å². The largest absolute Gasteiger partial charge is 0.349 e. The monoisotopic (exact) mass is 392 g/mol. The molecule has 1 heterocycles. The van der Waals surface area contributed by atoms with Crippen molar-refractivity contribution >= 4 is 15.9 Å². The number of nitrogens with zero attached hydrogens (tertiary/aromatic N) is 1. The van der Waals surface area contributed by atoms with E-state index in [0.29, 0.717) is 18.7 Å². The number of hydrogen-bond acceptors (Lipinski definition) is 3. The second kappa shape index (κ2) is 9.69.